The molecule has 0 fully saturated rings. The Hall–Kier alpha value is -1.53. The first kappa shape index (κ1) is 12.2. The van der Waals surface area contributed by atoms with Gasteiger partial charge in [-0.05, 0) is 22.6 Å². The first-order chi connectivity index (χ1) is 9.75. The molecule has 0 spiro atoms. The highest BCUT2D eigenvalue weighted by molar-refractivity contribution is 7.21. The van der Waals surface area contributed by atoms with Crippen LogP contribution >= 0.6 is 22.7 Å². The van der Waals surface area contributed by atoms with Gasteiger partial charge in [0, 0.05) is 0 Å². The lowest BCUT2D eigenvalue weighted by Crippen LogP contribution is -2.16. The van der Waals surface area contributed by atoms with Gasteiger partial charge in [0.1, 0.15) is 17.2 Å². The van der Waals surface area contributed by atoms with E-state index < -0.39 is 12.2 Å². The minimum absolute atomic E-state index is 0.588. The van der Waals surface area contributed by atoms with E-state index in [2.05, 4.69) is 4.98 Å². The van der Waals surface area contributed by atoms with Gasteiger partial charge in [-0.2, -0.15) is 0 Å². The lowest BCUT2D eigenvalue weighted by Gasteiger charge is -2.24. The summed E-state index contributed by atoms with van der Waals surface area (Å²) >= 11 is 3.07. The van der Waals surface area contributed by atoms with Gasteiger partial charge in [0.25, 0.3) is 0 Å². The van der Waals surface area contributed by atoms with Gasteiger partial charge in [0.05, 0.1) is 15.4 Å². The summed E-state index contributed by atoms with van der Waals surface area (Å²) in [7, 11) is 0. The second-order valence-corrected chi connectivity index (χ2v) is 6.66. The minimum Gasteiger partial charge on any atom is -0.383 e. The first-order valence-corrected chi connectivity index (χ1v) is 7.95. The van der Waals surface area contributed by atoms with E-state index in [9.17, 15) is 10.2 Å². The summed E-state index contributed by atoms with van der Waals surface area (Å²) < 4.78 is 0. The summed E-state index contributed by atoms with van der Waals surface area (Å²) in [6, 6.07) is 11.4. The zero-order chi connectivity index (χ0) is 13.7. The third-order valence-corrected chi connectivity index (χ3v) is 5.67. The van der Waals surface area contributed by atoms with Crippen LogP contribution in [0.4, 0.5) is 0 Å². The fraction of sp³-hybridized carbons (Fsp3) is 0.133. The molecule has 2 unspecified atom stereocenters. The average molecular weight is 301 g/mol. The molecule has 1 aliphatic carbocycles. The first-order valence-electron chi connectivity index (χ1n) is 6.25. The Kier molecular flexibility index (Phi) is 2.75. The molecule has 2 N–H and O–H groups in total. The highest BCUT2D eigenvalue weighted by Gasteiger charge is 2.33. The van der Waals surface area contributed by atoms with Crippen LogP contribution in [0.1, 0.15) is 33.9 Å². The SMILES string of the molecule is OC1c2ccccc2C(O)c2sc(-c3cccs3)nc21. The van der Waals surface area contributed by atoms with E-state index in [1.165, 1.54) is 11.3 Å². The molecule has 2 heterocycles. The van der Waals surface area contributed by atoms with E-state index >= 15 is 0 Å². The van der Waals surface area contributed by atoms with E-state index in [-0.39, 0.29) is 0 Å². The normalized spacial score (nSPS) is 20.5. The van der Waals surface area contributed by atoms with Crippen molar-refractivity contribution >= 4 is 22.7 Å². The van der Waals surface area contributed by atoms with Crippen LogP contribution in [0.5, 0.6) is 0 Å². The van der Waals surface area contributed by atoms with Crippen molar-refractivity contribution in [2.24, 2.45) is 0 Å². The Morgan fingerprint density at radius 2 is 1.70 bits per heavy atom. The van der Waals surface area contributed by atoms with Crippen LogP contribution in [0.2, 0.25) is 0 Å². The monoisotopic (exact) mass is 301 g/mol. The number of aliphatic hydroxyl groups excluding tert-OH is 2. The number of rotatable bonds is 1. The maximum Gasteiger partial charge on any atom is 0.134 e. The summed E-state index contributed by atoms with van der Waals surface area (Å²) in [5.41, 5.74) is 2.11. The summed E-state index contributed by atoms with van der Waals surface area (Å²) in [6.45, 7) is 0. The molecule has 5 heteroatoms. The summed E-state index contributed by atoms with van der Waals surface area (Å²) in [5, 5.41) is 23.8. The van der Waals surface area contributed by atoms with Crippen molar-refractivity contribution in [1.29, 1.82) is 0 Å². The second-order valence-electron chi connectivity index (χ2n) is 4.68. The molecule has 0 saturated carbocycles. The van der Waals surface area contributed by atoms with Crippen LogP contribution in [0.3, 0.4) is 0 Å². The van der Waals surface area contributed by atoms with E-state index in [1.54, 1.807) is 11.3 Å². The van der Waals surface area contributed by atoms with Gasteiger partial charge in [-0.15, -0.1) is 22.7 Å². The Bertz CT molecular complexity index is 718. The molecule has 0 amide bonds. The maximum absolute atomic E-state index is 10.5. The molecule has 0 radical (unpaired) electrons. The van der Waals surface area contributed by atoms with Crippen molar-refractivity contribution in [3.63, 3.8) is 0 Å². The van der Waals surface area contributed by atoms with Crippen molar-refractivity contribution in [1.82, 2.24) is 4.98 Å². The number of aromatic nitrogens is 1. The number of thiophene rings is 1. The highest BCUT2D eigenvalue weighted by Crippen LogP contribution is 2.45. The predicted octanol–water partition coefficient (Wildman–Crippen LogP) is 3.35. The van der Waals surface area contributed by atoms with Crippen LogP contribution in [-0.4, -0.2) is 15.2 Å². The lowest BCUT2D eigenvalue weighted by molar-refractivity contribution is 0.173. The maximum atomic E-state index is 10.5. The topological polar surface area (TPSA) is 53.4 Å². The van der Waals surface area contributed by atoms with Crippen LogP contribution in [-0.2, 0) is 0 Å². The van der Waals surface area contributed by atoms with E-state index in [4.69, 9.17) is 0 Å². The van der Waals surface area contributed by atoms with Gasteiger partial charge < -0.3 is 10.2 Å². The third-order valence-electron chi connectivity index (χ3n) is 3.51. The van der Waals surface area contributed by atoms with Crippen LogP contribution in [0, 0.1) is 0 Å². The Morgan fingerprint density at radius 1 is 0.950 bits per heavy atom. The van der Waals surface area contributed by atoms with Gasteiger partial charge >= 0.3 is 0 Å². The van der Waals surface area contributed by atoms with Gasteiger partial charge in [-0.3, -0.25) is 0 Å². The van der Waals surface area contributed by atoms with Gasteiger partial charge in [0.15, 0.2) is 0 Å². The van der Waals surface area contributed by atoms with Crippen molar-refractivity contribution in [2.75, 3.05) is 0 Å². The highest BCUT2D eigenvalue weighted by atomic mass is 32.1. The Labute approximate surface area is 123 Å². The zero-order valence-corrected chi connectivity index (χ0v) is 12.0. The molecule has 0 saturated heterocycles. The van der Waals surface area contributed by atoms with Crippen molar-refractivity contribution < 1.29 is 10.2 Å². The Morgan fingerprint density at radius 3 is 2.40 bits per heavy atom. The molecule has 4 rings (SSSR count). The molecule has 0 bridgehead atoms. The number of aliphatic hydroxyl groups is 2. The van der Waals surface area contributed by atoms with Crippen molar-refractivity contribution in [3.05, 3.63) is 63.5 Å². The summed E-state index contributed by atoms with van der Waals surface area (Å²) in [5.74, 6) is 0. The smallest absolute Gasteiger partial charge is 0.134 e. The van der Waals surface area contributed by atoms with Crippen LogP contribution < -0.4 is 0 Å². The molecule has 2 atom stereocenters. The molecule has 0 aliphatic heterocycles. The van der Waals surface area contributed by atoms with Gasteiger partial charge in [0.2, 0.25) is 0 Å². The minimum atomic E-state index is -0.755. The van der Waals surface area contributed by atoms with Crippen molar-refractivity contribution in [3.8, 4) is 9.88 Å². The largest absolute Gasteiger partial charge is 0.383 e. The molecular weight excluding hydrogens is 290 g/mol. The quantitative estimate of drug-likeness (QED) is 0.725. The molecule has 100 valence electrons. The van der Waals surface area contributed by atoms with E-state index in [1.807, 2.05) is 41.8 Å². The fourth-order valence-corrected chi connectivity index (χ4v) is 4.44. The molecule has 3 aromatic rings. The molecule has 1 aromatic carbocycles. The third kappa shape index (κ3) is 1.68. The Balaban J connectivity index is 1.89. The van der Waals surface area contributed by atoms with Crippen LogP contribution in [0.25, 0.3) is 9.88 Å². The number of thiazole rings is 1. The standard InChI is InChI=1S/C15H11NO2S2/c17-12-8-4-1-2-5-9(8)13(18)14-11(12)16-15(20-14)10-6-3-7-19-10/h1-7,12-13,17-18H. The number of benzene rings is 1. The molecule has 20 heavy (non-hydrogen) atoms. The number of hydrogen-bond donors (Lipinski definition) is 2. The van der Waals surface area contributed by atoms with Crippen LogP contribution in [0.15, 0.2) is 41.8 Å². The molecular formula is C15H11NO2S2. The summed E-state index contributed by atoms with van der Waals surface area (Å²) in [6.07, 6.45) is -1.45. The fourth-order valence-electron chi connectivity index (χ4n) is 2.54. The average Bonchev–Trinajstić information content (AvgIpc) is 3.13. The van der Waals surface area contributed by atoms with E-state index in [0.29, 0.717) is 5.69 Å². The number of hydrogen-bond acceptors (Lipinski definition) is 5. The van der Waals surface area contributed by atoms with Crippen molar-refractivity contribution in [2.45, 2.75) is 12.2 Å². The number of fused-ring (bicyclic) bond motifs is 2. The number of nitrogens with zero attached hydrogens (tertiary/aromatic N) is 1. The van der Waals surface area contributed by atoms with E-state index in [0.717, 1.165) is 25.9 Å². The van der Waals surface area contributed by atoms with Gasteiger partial charge in [-0.1, -0.05) is 30.3 Å². The summed E-state index contributed by atoms with van der Waals surface area (Å²) in [4.78, 5) is 6.35. The van der Waals surface area contributed by atoms with Gasteiger partial charge in [-0.25, -0.2) is 4.98 Å². The molecule has 2 aromatic heterocycles. The molecule has 1 aliphatic rings. The lowest BCUT2D eigenvalue weighted by atomic mass is 9.89. The predicted molar refractivity (Wildman–Crippen MR) is 80.0 cm³/mol. The zero-order valence-electron chi connectivity index (χ0n) is 10.4. The molecule has 3 nitrogen and oxygen atoms in total. The second kappa shape index (κ2) is 4.49.